The topological polar surface area (TPSA) is 84.1 Å². The molecule has 2 N–H and O–H groups in total. The average molecular weight is 417 g/mol. The molecule has 0 saturated carbocycles. The number of benzene rings is 1. The van der Waals surface area contributed by atoms with Crippen molar-refractivity contribution in [3.8, 4) is 0 Å². The molecule has 0 spiro atoms. The summed E-state index contributed by atoms with van der Waals surface area (Å²) < 4.78 is 45.1. The third kappa shape index (κ3) is 4.86. The molecule has 1 aromatic carbocycles. The molecule has 10 heteroatoms. The maximum Gasteiger partial charge on any atom is 0.275 e. The van der Waals surface area contributed by atoms with E-state index in [1.165, 1.54) is 10.4 Å². The van der Waals surface area contributed by atoms with Crippen molar-refractivity contribution in [3.63, 3.8) is 0 Å². The molecule has 27 heavy (non-hydrogen) atoms. The van der Waals surface area contributed by atoms with Gasteiger partial charge >= 0.3 is 0 Å². The number of amides is 1. The fourth-order valence-electron chi connectivity index (χ4n) is 2.89. The predicted octanol–water partition coefficient (Wildman–Crippen LogP) is 0.278. The fourth-order valence-corrected chi connectivity index (χ4v) is 4.61. The summed E-state index contributed by atoms with van der Waals surface area (Å²) in [5, 5.41) is 2.55. The van der Waals surface area contributed by atoms with Gasteiger partial charge in [0.05, 0.1) is 48.9 Å². The van der Waals surface area contributed by atoms with Crippen molar-refractivity contribution in [2.75, 3.05) is 32.7 Å². The molecule has 2 aromatic rings. The summed E-state index contributed by atoms with van der Waals surface area (Å²) >= 11 is 5.69. The second-order valence-electron chi connectivity index (χ2n) is 6.26. The lowest BCUT2D eigenvalue weighted by atomic mass is 10.3. The highest BCUT2D eigenvalue weighted by atomic mass is 35.5. The third-order valence-electron chi connectivity index (χ3n) is 4.41. The predicted molar refractivity (Wildman–Crippen MR) is 96.3 cm³/mol. The van der Waals surface area contributed by atoms with E-state index in [1.807, 2.05) is 0 Å². The van der Waals surface area contributed by atoms with Crippen LogP contribution in [0.3, 0.4) is 0 Å². The number of halogens is 2. The van der Waals surface area contributed by atoms with Crippen molar-refractivity contribution < 1.29 is 26.9 Å². The van der Waals surface area contributed by atoms with Crippen LogP contribution in [-0.2, 0) is 21.4 Å². The number of carbonyl (C=O) groups is 1. The Bertz CT molecular complexity index is 897. The van der Waals surface area contributed by atoms with E-state index in [0.717, 1.165) is 17.0 Å². The van der Waals surface area contributed by atoms with Gasteiger partial charge in [0.15, 0.2) is 6.54 Å². The zero-order chi connectivity index (χ0) is 19.4. The van der Waals surface area contributed by atoms with Gasteiger partial charge in [-0.3, -0.25) is 4.79 Å². The molecule has 1 aliphatic rings. The van der Waals surface area contributed by atoms with Crippen LogP contribution < -0.4 is 10.2 Å². The van der Waals surface area contributed by atoms with Gasteiger partial charge in [-0.25, -0.2) is 12.8 Å². The highest BCUT2D eigenvalue weighted by molar-refractivity contribution is 7.89. The number of nitrogens with one attached hydrogen (secondary N) is 2. The summed E-state index contributed by atoms with van der Waals surface area (Å²) in [5.74, 6) is -0.110. The molecule has 1 fully saturated rings. The molecule has 1 amide bonds. The van der Waals surface area contributed by atoms with Crippen molar-refractivity contribution >= 4 is 27.5 Å². The summed E-state index contributed by atoms with van der Waals surface area (Å²) in [6, 6.07) is 6.89. The van der Waals surface area contributed by atoms with Gasteiger partial charge in [-0.1, -0.05) is 11.6 Å². The highest BCUT2D eigenvalue weighted by Crippen LogP contribution is 2.22. The molecule has 1 aliphatic heterocycles. The zero-order valence-electron chi connectivity index (χ0n) is 14.5. The number of carbonyl (C=O) groups excluding carboxylic acids is 1. The van der Waals surface area contributed by atoms with Crippen molar-refractivity contribution in [1.82, 2.24) is 9.62 Å². The monoisotopic (exact) mass is 416 g/mol. The quantitative estimate of drug-likeness (QED) is 0.708. The summed E-state index contributed by atoms with van der Waals surface area (Å²) in [7, 11) is -3.74. The van der Waals surface area contributed by atoms with Crippen LogP contribution in [0.2, 0.25) is 5.02 Å². The first-order valence-corrected chi connectivity index (χ1v) is 10.3. The Morgan fingerprint density at radius 3 is 2.67 bits per heavy atom. The Hall–Kier alpha value is -1.94. The Morgan fingerprint density at radius 1 is 1.30 bits per heavy atom. The van der Waals surface area contributed by atoms with Gasteiger partial charge in [0.2, 0.25) is 10.0 Å². The van der Waals surface area contributed by atoms with E-state index in [-0.39, 0.29) is 35.5 Å². The second kappa shape index (κ2) is 8.39. The van der Waals surface area contributed by atoms with Crippen LogP contribution in [0.25, 0.3) is 0 Å². The van der Waals surface area contributed by atoms with E-state index in [0.29, 0.717) is 25.4 Å². The smallest absolute Gasteiger partial charge is 0.275 e. The van der Waals surface area contributed by atoms with Crippen LogP contribution in [0.4, 0.5) is 4.39 Å². The summed E-state index contributed by atoms with van der Waals surface area (Å²) in [4.78, 5) is 13.0. The minimum Gasteiger partial charge on any atom is -0.467 e. The summed E-state index contributed by atoms with van der Waals surface area (Å²) in [6.45, 7) is 2.14. The largest absolute Gasteiger partial charge is 0.467 e. The molecule has 0 atom stereocenters. The first kappa shape index (κ1) is 19.8. The summed E-state index contributed by atoms with van der Waals surface area (Å²) in [5.41, 5.74) is 0. The van der Waals surface area contributed by atoms with Crippen LogP contribution in [0.5, 0.6) is 0 Å². The molecule has 1 aromatic heterocycles. The Kier molecular flexibility index (Phi) is 6.15. The van der Waals surface area contributed by atoms with Crippen LogP contribution in [0.15, 0.2) is 45.9 Å². The molecule has 2 heterocycles. The molecular weight excluding hydrogens is 397 g/mol. The maximum absolute atomic E-state index is 13.3. The van der Waals surface area contributed by atoms with Gasteiger partial charge in [0, 0.05) is 0 Å². The van der Waals surface area contributed by atoms with E-state index in [1.54, 1.807) is 18.4 Å². The number of quaternary nitrogens is 1. The fraction of sp³-hybridized carbons (Fsp3) is 0.353. The minimum absolute atomic E-state index is 0.0338. The normalized spacial score (nSPS) is 16.4. The van der Waals surface area contributed by atoms with Crippen LogP contribution in [0, 0.1) is 5.82 Å². The van der Waals surface area contributed by atoms with E-state index in [2.05, 4.69) is 5.32 Å². The number of furan rings is 1. The molecule has 1 saturated heterocycles. The maximum atomic E-state index is 13.3. The molecule has 0 bridgehead atoms. The Balaban J connectivity index is 1.51. The van der Waals surface area contributed by atoms with E-state index in [4.69, 9.17) is 16.0 Å². The molecule has 0 unspecified atom stereocenters. The molecule has 3 rings (SSSR count). The number of rotatable bonds is 6. The standard InChI is InChI=1S/C17H19ClFN3O4S/c18-15-10-14(3-4-16(15)19)27(24,25)22-7-5-21(6-8-22)12-17(23)20-11-13-2-1-9-26-13/h1-4,9-10H,5-8,11-12H2,(H,20,23)/p+1. The van der Waals surface area contributed by atoms with Crippen LogP contribution in [0.1, 0.15) is 5.76 Å². The second-order valence-corrected chi connectivity index (χ2v) is 8.61. The van der Waals surface area contributed by atoms with Crippen LogP contribution >= 0.6 is 11.6 Å². The van der Waals surface area contributed by atoms with Crippen molar-refractivity contribution in [1.29, 1.82) is 0 Å². The van der Waals surface area contributed by atoms with Gasteiger partial charge in [0.25, 0.3) is 5.91 Å². The van der Waals surface area contributed by atoms with Crippen molar-refractivity contribution in [3.05, 3.63) is 53.2 Å². The number of hydrogen-bond acceptors (Lipinski definition) is 4. The SMILES string of the molecule is O=C(C[NH+]1CCN(S(=O)(=O)c2ccc(F)c(Cl)c2)CC1)NCc1ccco1. The molecule has 7 nitrogen and oxygen atoms in total. The average Bonchev–Trinajstić information content (AvgIpc) is 3.16. The summed E-state index contributed by atoms with van der Waals surface area (Å²) in [6.07, 6.45) is 1.54. The van der Waals surface area contributed by atoms with Crippen molar-refractivity contribution in [2.45, 2.75) is 11.4 Å². The number of nitrogens with zero attached hydrogens (tertiary/aromatic N) is 1. The first-order valence-electron chi connectivity index (χ1n) is 8.44. The van der Waals surface area contributed by atoms with Gasteiger partial charge in [-0.05, 0) is 30.3 Å². The van der Waals surface area contributed by atoms with Gasteiger partial charge in [0.1, 0.15) is 11.6 Å². The lowest BCUT2D eigenvalue weighted by Gasteiger charge is -2.31. The van der Waals surface area contributed by atoms with Gasteiger partial charge in [-0.2, -0.15) is 4.31 Å². The van der Waals surface area contributed by atoms with Gasteiger partial charge in [-0.15, -0.1) is 0 Å². The lowest BCUT2D eigenvalue weighted by molar-refractivity contribution is -0.895. The lowest BCUT2D eigenvalue weighted by Crippen LogP contribution is -3.15. The first-order chi connectivity index (χ1) is 12.9. The van der Waals surface area contributed by atoms with E-state index >= 15 is 0 Å². The van der Waals surface area contributed by atoms with E-state index in [9.17, 15) is 17.6 Å². The Morgan fingerprint density at radius 2 is 2.04 bits per heavy atom. The van der Waals surface area contributed by atoms with Crippen molar-refractivity contribution in [2.24, 2.45) is 0 Å². The Labute approximate surface area is 161 Å². The zero-order valence-corrected chi connectivity index (χ0v) is 16.0. The highest BCUT2D eigenvalue weighted by Gasteiger charge is 2.31. The number of sulfonamides is 1. The van der Waals surface area contributed by atoms with Crippen LogP contribution in [-0.4, -0.2) is 51.4 Å². The minimum atomic E-state index is -3.74. The molecule has 146 valence electrons. The molecule has 0 radical (unpaired) electrons. The number of hydrogen-bond donors (Lipinski definition) is 2. The number of piperazine rings is 1. The molecular formula is C17H20ClFN3O4S+. The van der Waals surface area contributed by atoms with E-state index < -0.39 is 15.8 Å². The van der Waals surface area contributed by atoms with Gasteiger partial charge < -0.3 is 14.6 Å². The third-order valence-corrected chi connectivity index (χ3v) is 6.59. The molecule has 0 aliphatic carbocycles.